The van der Waals surface area contributed by atoms with Crippen LogP contribution in [-0.4, -0.2) is 44.8 Å². The summed E-state index contributed by atoms with van der Waals surface area (Å²) in [5.74, 6) is -2.77. The fourth-order valence-corrected chi connectivity index (χ4v) is 5.03. The number of hydrogen-bond acceptors (Lipinski definition) is 4. The molecule has 190 valence electrons. The van der Waals surface area contributed by atoms with Crippen molar-refractivity contribution < 1.29 is 26.8 Å². The van der Waals surface area contributed by atoms with Crippen LogP contribution in [0.15, 0.2) is 77.7 Å². The van der Waals surface area contributed by atoms with Crippen LogP contribution < -0.4 is 9.62 Å². The Balaban J connectivity index is 2.06. The van der Waals surface area contributed by atoms with Gasteiger partial charge < -0.3 is 10.2 Å². The Morgan fingerprint density at radius 3 is 2.08 bits per heavy atom. The number of anilines is 1. The second-order valence-corrected chi connectivity index (χ2v) is 10.0. The first-order chi connectivity index (χ1) is 17.1. The highest BCUT2D eigenvalue weighted by atomic mass is 32.2. The van der Waals surface area contributed by atoms with Gasteiger partial charge in [-0.2, -0.15) is 0 Å². The summed E-state index contributed by atoms with van der Waals surface area (Å²) in [4.78, 5) is 26.9. The van der Waals surface area contributed by atoms with Crippen LogP contribution in [0.1, 0.15) is 18.1 Å². The fraction of sp³-hybridized carbons (Fsp3) is 0.231. The molecule has 0 heterocycles. The van der Waals surface area contributed by atoms with E-state index in [1.165, 1.54) is 62.5 Å². The first-order valence-corrected chi connectivity index (χ1v) is 12.6. The zero-order valence-electron chi connectivity index (χ0n) is 20.1. The molecule has 0 bridgehead atoms. The van der Waals surface area contributed by atoms with Gasteiger partial charge in [0, 0.05) is 19.2 Å². The Labute approximate surface area is 209 Å². The van der Waals surface area contributed by atoms with Crippen LogP contribution in [-0.2, 0) is 26.2 Å². The van der Waals surface area contributed by atoms with Gasteiger partial charge in [-0.25, -0.2) is 17.2 Å². The minimum Gasteiger partial charge on any atom is -0.357 e. The molecule has 0 spiro atoms. The molecule has 0 aliphatic rings. The molecule has 0 radical (unpaired) electrons. The highest BCUT2D eigenvalue weighted by Crippen LogP contribution is 2.27. The van der Waals surface area contributed by atoms with E-state index in [1.54, 1.807) is 25.1 Å². The summed E-state index contributed by atoms with van der Waals surface area (Å²) < 4.78 is 57.0. The van der Waals surface area contributed by atoms with Gasteiger partial charge in [0.25, 0.3) is 10.0 Å². The van der Waals surface area contributed by atoms with Gasteiger partial charge in [0.2, 0.25) is 11.8 Å². The van der Waals surface area contributed by atoms with Crippen molar-refractivity contribution in [2.24, 2.45) is 0 Å². The quantitative estimate of drug-likeness (QED) is 0.472. The van der Waals surface area contributed by atoms with Crippen molar-refractivity contribution in [3.8, 4) is 0 Å². The number of nitrogens with zero attached hydrogens (tertiary/aromatic N) is 2. The zero-order chi connectivity index (χ0) is 26.5. The highest BCUT2D eigenvalue weighted by Gasteiger charge is 2.33. The van der Waals surface area contributed by atoms with E-state index in [9.17, 15) is 26.8 Å². The molecular weight excluding hydrogens is 488 g/mol. The topological polar surface area (TPSA) is 86.8 Å². The number of rotatable bonds is 9. The first kappa shape index (κ1) is 26.8. The molecule has 10 heteroatoms. The predicted molar refractivity (Wildman–Crippen MR) is 133 cm³/mol. The van der Waals surface area contributed by atoms with Crippen LogP contribution in [0.2, 0.25) is 0 Å². The maximum Gasteiger partial charge on any atom is 0.264 e. The van der Waals surface area contributed by atoms with Crippen molar-refractivity contribution >= 4 is 27.5 Å². The monoisotopic (exact) mass is 515 g/mol. The lowest BCUT2D eigenvalue weighted by Gasteiger charge is -2.32. The Bertz CT molecular complexity index is 1350. The average molecular weight is 516 g/mol. The Morgan fingerprint density at radius 1 is 0.917 bits per heavy atom. The number of halogens is 2. The van der Waals surface area contributed by atoms with Crippen LogP contribution in [0.4, 0.5) is 14.5 Å². The molecule has 0 saturated carbocycles. The van der Waals surface area contributed by atoms with Crippen molar-refractivity contribution in [2.75, 3.05) is 17.9 Å². The van der Waals surface area contributed by atoms with E-state index < -0.39 is 46.1 Å². The van der Waals surface area contributed by atoms with Gasteiger partial charge in [-0.1, -0.05) is 48.0 Å². The third-order valence-corrected chi connectivity index (χ3v) is 7.50. The zero-order valence-corrected chi connectivity index (χ0v) is 20.9. The van der Waals surface area contributed by atoms with Gasteiger partial charge in [-0.05, 0) is 44.2 Å². The normalized spacial score (nSPS) is 12.0. The lowest BCUT2D eigenvalue weighted by Crippen LogP contribution is -2.51. The number of hydrogen-bond donors (Lipinski definition) is 1. The molecule has 0 saturated heterocycles. The summed E-state index contributed by atoms with van der Waals surface area (Å²) in [5.41, 5.74) is 0.628. The van der Waals surface area contributed by atoms with Gasteiger partial charge >= 0.3 is 0 Å². The van der Waals surface area contributed by atoms with Crippen molar-refractivity contribution in [3.63, 3.8) is 0 Å². The van der Waals surface area contributed by atoms with Gasteiger partial charge in [0.15, 0.2) is 0 Å². The van der Waals surface area contributed by atoms with Gasteiger partial charge in [-0.15, -0.1) is 0 Å². The molecule has 2 amide bonds. The van der Waals surface area contributed by atoms with Crippen LogP contribution in [0, 0.1) is 18.6 Å². The number of amides is 2. The Hall–Kier alpha value is -3.79. The van der Waals surface area contributed by atoms with E-state index in [2.05, 4.69) is 5.32 Å². The Morgan fingerprint density at radius 2 is 1.50 bits per heavy atom. The molecule has 36 heavy (non-hydrogen) atoms. The number of benzene rings is 3. The second-order valence-electron chi connectivity index (χ2n) is 8.18. The smallest absolute Gasteiger partial charge is 0.264 e. The average Bonchev–Trinajstić information content (AvgIpc) is 2.86. The lowest BCUT2D eigenvalue weighted by molar-refractivity contribution is -0.139. The fourth-order valence-electron chi connectivity index (χ4n) is 3.61. The molecule has 3 rings (SSSR count). The summed E-state index contributed by atoms with van der Waals surface area (Å²) >= 11 is 0. The molecule has 0 aromatic heterocycles. The summed E-state index contributed by atoms with van der Waals surface area (Å²) in [6.45, 7) is 2.12. The number of sulfonamides is 1. The van der Waals surface area contributed by atoms with Crippen molar-refractivity contribution in [1.82, 2.24) is 10.2 Å². The van der Waals surface area contributed by atoms with Gasteiger partial charge in [-0.3, -0.25) is 13.9 Å². The van der Waals surface area contributed by atoms with Crippen LogP contribution in [0.5, 0.6) is 0 Å². The summed E-state index contributed by atoms with van der Waals surface area (Å²) in [6, 6.07) is 15.8. The standard InChI is InChI=1S/C26H27F2N3O4S/c1-18-12-14-21(15-13-18)36(34,35)31(24-11-7-6-10-23(24)28)17-25(32)30(19(2)26(33)29-3)16-20-8-4-5-9-22(20)27/h4-15,19H,16-17H2,1-3H3,(H,29,33)/t19-/m0/s1. The maximum atomic E-state index is 14.8. The van der Waals surface area contributed by atoms with E-state index >= 15 is 0 Å². The number of carbonyl (C=O) groups is 2. The SMILES string of the molecule is CNC(=O)[C@H](C)N(Cc1ccccc1F)C(=O)CN(c1ccccc1F)S(=O)(=O)c1ccc(C)cc1. The molecule has 7 nitrogen and oxygen atoms in total. The van der Waals surface area contributed by atoms with E-state index in [4.69, 9.17) is 0 Å². The summed E-state index contributed by atoms with van der Waals surface area (Å²) in [7, 11) is -3.00. The third kappa shape index (κ3) is 5.88. The third-order valence-electron chi connectivity index (χ3n) is 5.72. The van der Waals surface area contributed by atoms with E-state index in [0.717, 1.165) is 16.5 Å². The second kappa shape index (κ2) is 11.3. The van der Waals surface area contributed by atoms with Crippen LogP contribution >= 0.6 is 0 Å². The molecule has 3 aromatic rings. The first-order valence-electron chi connectivity index (χ1n) is 11.1. The molecule has 0 aliphatic carbocycles. The van der Waals surface area contributed by atoms with E-state index in [-0.39, 0.29) is 22.7 Å². The number of aryl methyl sites for hydroxylation is 1. The van der Waals surface area contributed by atoms with Crippen molar-refractivity contribution in [3.05, 3.63) is 95.6 Å². The van der Waals surface area contributed by atoms with Crippen molar-refractivity contribution in [2.45, 2.75) is 31.3 Å². The largest absolute Gasteiger partial charge is 0.357 e. The molecule has 1 N–H and O–H groups in total. The number of carbonyl (C=O) groups excluding carboxylic acids is 2. The molecule has 0 fully saturated rings. The number of likely N-dealkylation sites (N-methyl/N-ethyl adjacent to an activating group) is 1. The molecule has 3 aromatic carbocycles. The summed E-state index contributed by atoms with van der Waals surface area (Å²) in [5, 5.41) is 2.44. The van der Waals surface area contributed by atoms with E-state index in [0.29, 0.717) is 4.31 Å². The minimum atomic E-state index is -4.38. The van der Waals surface area contributed by atoms with Crippen LogP contribution in [0.25, 0.3) is 0 Å². The molecule has 1 atom stereocenters. The van der Waals surface area contributed by atoms with Crippen LogP contribution in [0.3, 0.4) is 0 Å². The predicted octanol–water partition coefficient (Wildman–Crippen LogP) is 3.63. The number of para-hydroxylation sites is 1. The van der Waals surface area contributed by atoms with Gasteiger partial charge in [0.05, 0.1) is 10.6 Å². The lowest BCUT2D eigenvalue weighted by atomic mass is 10.1. The Kier molecular flexibility index (Phi) is 8.41. The minimum absolute atomic E-state index is 0.135. The maximum absolute atomic E-state index is 14.8. The van der Waals surface area contributed by atoms with Gasteiger partial charge in [0.1, 0.15) is 24.2 Å². The molecule has 0 unspecified atom stereocenters. The molecule has 0 aliphatic heterocycles. The van der Waals surface area contributed by atoms with Crippen molar-refractivity contribution in [1.29, 1.82) is 0 Å². The number of nitrogens with one attached hydrogen (secondary N) is 1. The summed E-state index contributed by atoms with van der Waals surface area (Å²) in [6.07, 6.45) is 0. The highest BCUT2D eigenvalue weighted by molar-refractivity contribution is 7.92. The molecular formula is C26H27F2N3O4S. The van der Waals surface area contributed by atoms with E-state index in [1.807, 2.05) is 0 Å².